The lowest BCUT2D eigenvalue weighted by atomic mass is 10.1. The van der Waals surface area contributed by atoms with Gasteiger partial charge in [-0.1, -0.05) is 12.1 Å². The van der Waals surface area contributed by atoms with Crippen molar-refractivity contribution in [3.63, 3.8) is 0 Å². The van der Waals surface area contributed by atoms with E-state index in [1.54, 1.807) is 49.1 Å². The number of hydrogen-bond acceptors (Lipinski definition) is 4. The van der Waals surface area contributed by atoms with Crippen molar-refractivity contribution in [2.24, 2.45) is 0 Å². The van der Waals surface area contributed by atoms with Gasteiger partial charge in [-0.2, -0.15) is 0 Å². The highest BCUT2D eigenvalue weighted by Crippen LogP contribution is 2.41. The van der Waals surface area contributed by atoms with E-state index in [0.717, 1.165) is 11.3 Å². The number of nitrogens with zero attached hydrogens (tertiary/aromatic N) is 1. The highest BCUT2D eigenvalue weighted by molar-refractivity contribution is 7.99. The molecule has 2 aromatic carbocycles. The highest BCUT2D eigenvalue weighted by Gasteiger charge is 2.32. The Morgan fingerprint density at radius 1 is 1.17 bits per heavy atom. The summed E-state index contributed by atoms with van der Waals surface area (Å²) in [5, 5.41) is -0.193. The molecule has 1 saturated heterocycles. The number of ether oxygens (including phenoxy) is 2. The van der Waals surface area contributed by atoms with Gasteiger partial charge < -0.3 is 14.4 Å². The molecule has 24 heavy (non-hydrogen) atoms. The minimum Gasteiger partial charge on any atom is -0.497 e. The first kappa shape index (κ1) is 16.6. The Labute approximate surface area is 144 Å². The van der Waals surface area contributed by atoms with Crippen LogP contribution in [0.25, 0.3) is 0 Å². The third-order valence-corrected chi connectivity index (χ3v) is 5.18. The first-order valence-electron chi connectivity index (χ1n) is 7.54. The zero-order chi connectivity index (χ0) is 17.1. The first-order chi connectivity index (χ1) is 11.6. The second-order valence-electron chi connectivity index (χ2n) is 5.35. The van der Waals surface area contributed by atoms with Gasteiger partial charge in [-0.3, -0.25) is 4.79 Å². The lowest BCUT2D eigenvalue weighted by Crippen LogP contribution is -2.31. The molecule has 1 heterocycles. The topological polar surface area (TPSA) is 38.8 Å². The molecule has 1 amide bonds. The molecule has 0 radical (unpaired) electrons. The van der Waals surface area contributed by atoms with E-state index in [2.05, 4.69) is 0 Å². The van der Waals surface area contributed by atoms with Gasteiger partial charge in [0.1, 0.15) is 22.7 Å². The van der Waals surface area contributed by atoms with E-state index in [0.29, 0.717) is 18.0 Å². The maximum absolute atomic E-state index is 14.0. The van der Waals surface area contributed by atoms with Gasteiger partial charge in [0.2, 0.25) is 0 Å². The molecule has 0 saturated carbocycles. The number of hydrogen-bond donors (Lipinski definition) is 0. The lowest BCUT2D eigenvalue weighted by molar-refractivity contribution is 0.0755. The van der Waals surface area contributed by atoms with Gasteiger partial charge in [0.15, 0.2) is 0 Å². The third-order valence-electron chi connectivity index (χ3n) is 3.92. The van der Waals surface area contributed by atoms with Crippen LogP contribution in [0.3, 0.4) is 0 Å². The molecule has 0 aliphatic carbocycles. The molecule has 0 spiro atoms. The standard InChI is InChI=1S/C18H18FNO3S/c1-22-13-9-12(10-14(11-13)23-2)18-20(7-8-24-18)17(21)15-5-3-4-6-16(15)19/h3-6,9-11,18H,7-8H2,1-2H3/t18-/m1/s1. The van der Waals surface area contributed by atoms with Gasteiger partial charge in [-0.15, -0.1) is 11.8 Å². The van der Waals surface area contributed by atoms with Crippen LogP contribution in [0.15, 0.2) is 42.5 Å². The molecule has 2 aromatic rings. The molecule has 6 heteroatoms. The van der Waals surface area contributed by atoms with Gasteiger partial charge >= 0.3 is 0 Å². The number of benzene rings is 2. The Morgan fingerprint density at radius 3 is 2.46 bits per heavy atom. The molecule has 1 fully saturated rings. The number of carbonyl (C=O) groups excluding carboxylic acids is 1. The smallest absolute Gasteiger partial charge is 0.258 e. The molecule has 4 nitrogen and oxygen atoms in total. The summed E-state index contributed by atoms with van der Waals surface area (Å²) >= 11 is 1.64. The van der Waals surface area contributed by atoms with E-state index in [9.17, 15) is 9.18 Å². The van der Waals surface area contributed by atoms with Crippen molar-refractivity contribution < 1.29 is 18.7 Å². The summed E-state index contributed by atoms with van der Waals surface area (Å²) in [4.78, 5) is 14.5. The largest absolute Gasteiger partial charge is 0.497 e. The van der Waals surface area contributed by atoms with Crippen LogP contribution in [0, 0.1) is 5.82 Å². The molecule has 1 aliphatic heterocycles. The summed E-state index contributed by atoms with van der Waals surface area (Å²) in [6.45, 7) is 0.571. The fraction of sp³-hybridized carbons (Fsp3) is 0.278. The fourth-order valence-electron chi connectivity index (χ4n) is 2.72. The third kappa shape index (κ3) is 3.19. The van der Waals surface area contributed by atoms with E-state index in [-0.39, 0.29) is 16.8 Å². The SMILES string of the molecule is COc1cc(OC)cc([C@H]2SCCN2C(=O)c2ccccc2F)c1. The van der Waals surface area contributed by atoms with Crippen LogP contribution < -0.4 is 9.47 Å². The van der Waals surface area contributed by atoms with Crippen molar-refractivity contribution >= 4 is 17.7 Å². The van der Waals surface area contributed by atoms with Gasteiger partial charge in [0.05, 0.1) is 19.8 Å². The van der Waals surface area contributed by atoms with Crippen LogP contribution in [0.4, 0.5) is 4.39 Å². The highest BCUT2D eigenvalue weighted by atomic mass is 32.2. The van der Waals surface area contributed by atoms with Gasteiger partial charge in [-0.05, 0) is 29.8 Å². The van der Waals surface area contributed by atoms with E-state index in [1.165, 1.54) is 12.1 Å². The van der Waals surface area contributed by atoms with Crippen LogP contribution in [-0.4, -0.2) is 37.3 Å². The Morgan fingerprint density at radius 2 is 1.83 bits per heavy atom. The fourth-order valence-corrected chi connectivity index (χ4v) is 3.95. The van der Waals surface area contributed by atoms with Gasteiger partial charge in [0, 0.05) is 18.4 Å². The molecule has 0 aromatic heterocycles. The number of rotatable bonds is 4. The minimum absolute atomic E-state index is 0.0971. The molecule has 0 unspecified atom stereocenters. The van der Waals surface area contributed by atoms with Crippen LogP contribution in [0.1, 0.15) is 21.3 Å². The van der Waals surface area contributed by atoms with E-state index >= 15 is 0 Å². The van der Waals surface area contributed by atoms with Crippen molar-refractivity contribution in [1.29, 1.82) is 0 Å². The predicted octanol–water partition coefficient (Wildman–Crippen LogP) is 3.73. The Bertz CT molecular complexity index is 731. The monoisotopic (exact) mass is 347 g/mol. The van der Waals surface area contributed by atoms with Crippen LogP contribution >= 0.6 is 11.8 Å². The van der Waals surface area contributed by atoms with E-state index in [1.807, 2.05) is 12.1 Å². The Balaban J connectivity index is 1.94. The minimum atomic E-state index is -0.499. The average Bonchev–Trinajstić information content (AvgIpc) is 3.10. The second kappa shape index (κ2) is 7.13. The van der Waals surface area contributed by atoms with Crippen molar-refractivity contribution in [3.8, 4) is 11.5 Å². The van der Waals surface area contributed by atoms with E-state index in [4.69, 9.17) is 9.47 Å². The van der Waals surface area contributed by atoms with Crippen molar-refractivity contribution in [2.75, 3.05) is 26.5 Å². The number of thioether (sulfide) groups is 1. The number of amides is 1. The number of methoxy groups -OCH3 is 2. The van der Waals surface area contributed by atoms with Crippen LogP contribution in [-0.2, 0) is 0 Å². The lowest BCUT2D eigenvalue weighted by Gasteiger charge is -2.25. The number of carbonyl (C=O) groups is 1. The summed E-state index contributed by atoms with van der Waals surface area (Å²) < 4.78 is 24.6. The molecular weight excluding hydrogens is 329 g/mol. The maximum Gasteiger partial charge on any atom is 0.258 e. The first-order valence-corrected chi connectivity index (χ1v) is 8.59. The molecule has 3 rings (SSSR count). The molecular formula is C18H18FNO3S. The maximum atomic E-state index is 14.0. The molecule has 0 bridgehead atoms. The zero-order valence-electron chi connectivity index (χ0n) is 13.5. The quantitative estimate of drug-likeness (QED) is 0.845. The van der Waals surface area contributed by atoms with Crippen molar-refractivity contribution in [2.45, 2.75) is 5.37 Å². The molecule has 1 atom stereocenters. The normalized spacial score (nSPS) is 17.0. The summed E-state index contributed by atoms with van der Waals surface area (Å²) in [7, 11) is 3.17. The Hall–Kier alpha value is -2.21. The van der Waals surface area contributed by atoms with Crippen LogP contribution in [0.2, 0.25) is 0 Å². The van der Waals surface area contributed by atoms with Crippen molar-refractivity contribution in [1.82, 2.24) is 4.90 Å². The zero-order valence-corrected chi connectivity index (χ0v) is 14.3. The van der Waals surface area contributed by atoms with Gasteiger partial charge in [0.25, 0.3) is 5.91 Å². The number of halogens is 1. The van der Waals surface area contributed by atoms with Crippen LogP contribution in [0.5, 0.6) is 11.5 Å². The van der Waals surface area contributed by atoms with Crippen molar-refractivity contribution in [3.05, 3.63) is 59.4 Å². The average molecular weight is 347 g/mol. The predicted molar refractivity (Wildman–Crippen MR) is 92.2 cm³/mol. The second-order valence-corrected chi connectivity index (χ2v) is 6.54. The summed E-state index contributed by atoms with van der Waals surface area (Å²) in [5.41, 5.74) is 0.998. The Kier molecular flexibility index (Phi) is 4.94. The summed E-state index contributed by atoms with van der Waals surface area (Å²) in [5.74, 6) is 1.32. The summed E-state index contributed by atoms with van der Waals surface area (Å²) in [6.07, 6.45) is 0. The van der Waals surface area contributed by atoms with E-state index < -0.39 is 5.82 Å². The molecule has 0 N–H and O–H groups in total. The molecule has 1 aliphatic rings. The summed E-state index contributed by atoms with van der Waals surface area (Å²) in [6, 6.07) is 11.6. The van der Waals surface area contributed by atoms with Gasteiger partial charge in [-0.25, -0.2) is 4.39 Å². The molecule has 126 valence electrons.